The van der Waals surface area contributed by atoms with E-state index in [2.05, 4.69) is 4.98 Å². The molecule has 2 rings (SSSR count). The minimum atomic E-state index is -1.25. The van der Waals surface area contributed by atoms with Crippen molar-refractivity contribution < 1.29 is 14.3 Å². The molecule has 5 heteroatoms. The molecule has 1 heterocycles. The van der Waals surface area contributed by atoms with Gasteiger partial charge in [-0.2, -0.15) is 0 Å². The lowest BCUT2D eigenvalue weighted by molar-refractivity contribution is 0.0692. The number of hydrogen-bond donors (Lipinski definition) is 1. The lowest BCUT2D eigenvalue weighted by Gasteiger charge is -2.16. The third-order valence-electron chi connectivity index (χ3n) is 2.87. The Morgan fingerprint density at radius 3 is 2.70 bits per heavy atom. The highest BCUT2D eigenvalue weighted by Crippen LogP contribution is 2.13. The summed E-state index contributed by atoms with van der Waals surface area (Å²) in [5.74, 6) is -1.96. The number of aromatic carboxylic acids is 1. The van der Waals surface area contributed by atoms with E-state index < -0.39 is 11.8 Å². The molecule has 0 amide bonds. The summed E-state index contributed by atoms with van der Waals surface area (Å²) in [5, 5.41) is 8.77. The lowest BCUT2D eigenvalue weighted by Crippen LogP contribution is -2.18. The highest BCUT2D eigenvalue weighted by atomic mass is 19.1. The average Bonchev–Trinajstić information content (AvgIpc) is 2.39. The predicted molar refractivity (Wildman–Crippen MR) is 72.8 cm³/mol. The fourth-order valence-corrected chi connectivity index (χ4v) is 1.97. The molecular formula is C15H15FN2O2. The van der Waals surface area contributed by atoms with Crippen molar-refractivity contribution in [3.8, 4) is 0 Å². The molecule has 0 spiro atoms. The van der Waals surface area contributed by atoms with Crippen molar-refractivity contribution in [1.82, 2.24) is 9.88 Å². The van der Waals surface area contributed by atoms with Crippen molar-refractivity contribution in [3.63, 3.8) is 0 Å². The van der Waals surface area contributed by atoms with Crippen LogP contribution < -0.4 is 0 Å². The first-order valence-electron chi connectivity index (χ1n) is 6.16. The molecule has 0 unspecified atom stereocenters. The molecule has 0 saturated carbocycles. The second-order valence-electron chi connectivity index (χ2n) is 4.61. The first-order valence-corrected chi connectivity index (χ1v) is 6.16. The van der Waals surface area contributed by atoms with Gasteiger partial charge in [-0.15, -0.1) is 0 Å². The topological polar surface area (TPSA) is 53.4 Å². The van der Waals surface area contributed by atoms with E-state index in [4.69, 9.17) is 5.11 Å². The molecule has 0 fully saturated rings. The van der Waals surface area contributed by atoms with Crippen LogP contribution in [0.25, 0.3) is 0 Å². The molecule has 104 valence electrons. The van der Waals surface area contributed by atoms with Gasteiger partial charge in [0.1, 0.15) is 5.82 Å². The standard InChI is InChI=1S/C15H15FN2O2/c1-18(10-12-4-2-3-7-17-12)9-11-5-6-13(15(19)20)14(16)8-11/h2-8H,9-10H2,1H3,(H,19,20). The Hall–Kier alpha value is -2.27. The molecule has 1 aromatic heterocycles. The number of carboxylic acids is 1. The van der Waals surface area contributed by atoms with Crippen LogP contribution in [0.5, 0.6) is 0 Å². The molecule has 0 radical (unpaired) electrons. The zero-order valence-corrected chi connectivity index (χ0v) is 11.1. The van der Waals surface area contributed by atoms with Crippen LogP contribution in [0.2, 0.25) is 0 Å². The van der Waals surface area contributed by atoms with Gasteiger partial charge in [-0.25, -0.2) is 9.18 Å². The number of carboxylic acid groups (broad SMARTS) is 1. The van der Waals surface area contributed by atoms with Gasteiger partial charge in [0.2, 0.25) is 0 Å². The molecule has 0 bridgehead atoms. The Balaban J connectivity index is 2.03. The number of benzene rings is 1. The Bertz CT molecular complexity index is 602. The smallest absolute Gasteiger partial charge is 0.338 e. The molecule has 0 aliphatic heterocycles. The van der Waals surface area contributed by atoms with Gasteiger partial charge in [0, 0.05) is 19.3 Å². The SMILES string of the molecule is CN(Cc1ccc(C(=O)O)c(F)c1)Cc1ccccn1. The number of aromatic nitrogens is 1. The summed E-state index contributed by atoms with van der Waals surface area (Å²) < 4.78 is 13.6. The van der Waals surface area contributed by atoms with Gasteiger partial charge < -0.3 is 5.11 Å². The first-order chi connectivity index (χ1) is 9.56. The molecule has 0 atom stereocenters. The van der Waals surface area contributed by atoms with Crippen molar-refractivity contribution in [2.75, 3.05) is 7.05 Å². The third-order valence-corrected chi connectivity index (χ3v) is 2.87. The van der Waals surface area contributed by atoms with Crippen LogP contribution >= 0.6 is 0 Å². The fraction of sp³-hybridized carbons (Fsp3) is 0.200. The highest BCUT2D eigenvalue weighted by Gasteiger charge is 2.11. The number of nitrogens with zero attached hydrogens (tertiary/aromatic N) is 2. The molecular weight excluding hydrogens is 259 g/mol. The average molecular weight is 274 g/mol. The molecule has 4 nitrogen and oxygen atoms in total. The molecule has 0 saturated heterocycles. The van der Waals surface area contributed by atoms with Crippen LogP contribution in [-0.2, 0) is 13.1 Å². The largest absolute Gasteiger partial charge is 0.478 e. The summed E-state index contributed by atoms with van der Waals surface area (Å²) in [4.78, 5) is 16.9. The van der Waals surface area contributed by atoms with Gasteiger partial charge in [0.15, 0.2) is 0 Å². The van der Waals surface area contributed by atoms with Gasteiger partial charge in [0.25, 0.3) is 0 Å². The maximum absolute atomic E-state index is 13.6. The van der Waals surface area contributed by atoms with E-state index in [0.717, 1.165) is 11.3 Å². The molecule has 1 aromatic carbocycles. The first kappa shape index (κ1) is 14.1. The van der Waals surface area contributed by atoms with Crippen molar-refractivity contribution in [1.29, 1.82) is 0 Å². The maximum Gasteiger partial charge on any atom is 0.338 e. The summed E-state index contributed by atoms with van der Waals surface area (Å²) in [6.45, 7) is 1.16. The number of rotatable bonds is 5. The van der Waals surface area contributed by atoms with Gasteiger partial charge >= 0.3 is 5.97 Å². The number of carbonyl (C=O) groups is 1. The van der Waals surface area contributed by atoms with E-state index >= 15 is 0 Å². The Labute approximate surface area is 116 Å². The van der Waals surface area contributed by atoms with Crippen LogP contribution in [-0.4, -0.2) is 28.0 Å². The summed E-state index contributed by atoms with van der Waals surface area (Å²) in [7, 11) is 1.90. The van der Waals surface area contributed by atoms with E-state index in [0.29, 0.717) is 13.1 Å². The monoisotopic (exact) mass is 274 g/mol. The maximum atomic E-state index is 13.6. The van der Waals surface area contributed by atoms with E-state index in [1.54, 1.807) is 12.3 Å². The van der Waals surface area contributed by atoms with Crippen molar-refractivity contribution in [3.05, 3.63) is 65.2 Å². The van der Waals surface area contributed by atoms with Crippen molar-refractivity contribution in [2.45, 2.75) is 13.1 Å². The Morgan fingerprint density at radius 1 is 1.30 bits per heavy atom. The normalized spacial score (nSPS) is 10.8. The third kappa shape index (κ3) is 3.61. The molecule has 2 aromatic rings. The van der Waals surface area contributed by atoms with Crippen LogP contribution in [0.3, 0.4) is 0 Å². The van der Waals surface area contributed by atoms with Crippen LogP contribution in [0, 0.1) is 5.82 Å². The minimum absolute atomic E-state index is 0.305. The zero-order chi connectivity index (χ0) is 14.5. The minimum Gasteiger partial charge on any atom is -0.478 e. The second kappa shape index (κ2) is 6.25. The highest BCUT2D eigenvalue weighted by molar-refractivity contribution is 5.87. The quantitative estimate of drug-likeness (QED) is 0.910. The Kier molecular flexibility index (Phi) is 4.42. The van der Waals surface area contributed by atoms with E-state index in [9.17, 15) is 9.18 Å². The number of hydrogen-bond acceptors (Lipinski definition) is 3. The van der Waals surface area contributed by atoms with Gasteiger partial charge in [-0.3, -0.25) is 9.88 Å². The van der Waals surface area contributed by atoms with E-state index in [1.807, 2.05) is 30.1 Å². The van der Waals surface area contributed by atoms with Gasteiger partial charge in [-0.1, -0.05) is 12.1 Å². The van der Waals surface area contributed by atoms with Crippen molar-refractivity contribution in [2.24, 2.45) is 0 Å². The summed E-state index contributed by atoms with van der Waals surface area (Å²) >= 11 is 0. The van der Waals surface area contributed by atoms with E-state index in [-0.39, 0.29) is 5.56 Å². The summed E-state index contributed by atoms with van der Waals surface area (Å²) in [5.41, 5.74) is 1.35. The predicted octanol–water partition coefficient (Wildman–Crippen LogP) is 2.55. The van der Waals surface area contributed by atoms with Crippen LogP contribution in [0.4, 0.5) is 4.39 Å². The summed E-state index contributed by atoms with van der Waals surface area (Å²) in [6, 6.07) is 9.87. The van der Waals surface area contributed by atoms with E-state index in [1.165, 1.54) is 12.1 Å². The fourth-order valence-electron chi connectivity index (χ4n) is 1.97. The zero-order valence-electron chi connectivity index (χ0n) is 11.1. The number of halogens is 1. The second-order valence-corrected chi connectivity index (χ2v) is 4.61. The van der Waals surface area contributed by atoms with Crippen LogP contribution in [0.1, 0.15) is 21.6 Å². The Morgan fingerprint density at radius 2 is 2.10 bits per heavy atom. The lowest BCUT2D eigenvalue weighted by atomic mass is 10.1. The van der Waals surface area contributed by atoms with Gasteiger partial charge in [-0.05, 0) is 36.9 Å². The molecule has 1 N–H and O–H groups in total. The number of pyridine rings is 1. The molecule has 20 heavy (non-hydrogen) atoms. The van der Waals surface area contributed by atoms with Crippen molar-refractivity contribution >= 4 is 5.97 Å². The molecule has 0 aliphatic rings. The van der Waals surface area contributed by atoms with Crippen LogP contribution in [0.15, 0.2) is 42.6 Å². The van der Waals surface area contributed by atoms with Gasteiger partial charge in [0.05, 0.1) is 11.3 Å². The summed E-state index contributed by atoms with van der Waals surface area (Å²) in [6.07, 6.45) is 1.73. The molecule has 0 aliphatic carbocycles.